The van der Waals surface area contributed by atoms with Gasteiger partial charge in [0, 0.05) is 24.2 Å². The Morgan fingerprint density at radius 1 is 1.14 bits per heavy atom. The molecule has 0 radical (unpaired) electrons. The molecule has 2 aromatic carbocycles. The predicted molar refractivity (Wildman–Crippen MR) is 117 cm³/mol. The first-order chi connectivity index (χ1) is 14.2. The van der Waals surface area contributed by atoms with E-state index in [2.05, 4.69) is 15.4 Å². The Bertz CT molecular complexity index is 1010. The van der Waals surface area contributed by atoms with Crippen molar-refractivity contribution in [2.24, 2.45) is 5.10 Å². The van der Waals surface area contributed by atoms with Crippen LogP contribution in [0.3, 0.4) is 0 Å². The first-order valence-corrected chi connectivity index (χ1v) is 10.3. The van der Waals surface area contributed by atoms with Gasteiger partial charge in [0.2, 0.25) is 0 Å². The van der Waals surface area contributed by atoms with Gasteiger partial charge in [-0.25, -0.2) is 10.4 Å². The number of thiazole rings is 1. The van der Waals surface area contributed by atoms with Crippen molar-refractivity contribution in [3.05, 3.63) is 70.6 Å². The third-order valence-electron chi connectivity index (χ3n) is 4.71. The van der Waals surface area contributed by atoms with Crippen LogP contribution in [0.5, 0.6) is 0 Å². The number of hydrogen-bond donors (Lipinski definition) is 1. The van der Waals surface area contributed by atoms with Gasteiger partial charge < -0.3 is 9.64 Å². The SMILES string of the molecule is Cc1ccccc1C(=O)N/N=C\c1sc(N2CCOCC2)nc1-c1ccccc1. The molecule has 29 heavy (non-hydrogen) atoms. The number of morpholine rings is 1. The number of amides is 1. The number of hydrazone groups is 1. The molecule has 1 aliphatic heterocycles. The second-order valence-electron chi connectivity index (χ2n) is 6.69. The van der Waals surface area contributed by atoms with E-state index in [1.54, 1.807) is 23.6 Å². The van der Waals surface area contributed by atoms with Gasteiger partial charge in [0.15, 0.2) is 5.13 Å². The number of rotatable bonds is 5. The zero-order valence-corrected chi connectivity index (χ0v) is 17.0. The third-order valence-corrected chi connectivity index (χ3v) is 5.76. The highest BCUT2D eigenvalue weighted by atomic mass is 32.1. The molecule has 0 bridgehead atoms. The number of nitrogens with zero attached hydrogens (tertiary/aromatic N) is 3. The molecule has 1 N–H and O–H groups in total. The fraction of sp³-hybridized carbons (Fsp3) is 0.227. The van der Waals surface area contributed by atoms with Crippen LogP contribution in [-0.2, 0) is 4.74 Å². The second kappa shape index (κ2) is 8.98. The summed E-state index contributed by atoms with van der Waals surface area (Å²) in [6.07, 6.45) is 1.68. The first-order valence-electron chi connectivity index (χ1n) is 9.50. The summed E-state index contributed by atoms with van der Waals surface area (Å²) in [5.41, 5.74) is 6.05. The molecule has 148 valence electrons. The smallest absolute Gasteiger partial charge is 0.271 e. The number of anilines is 1. The van der Waals surface area contributed by atoms with Gasteiger partial charge in [-0.3, -0.25) is 4.79 Å². The molecule has 0 spiro atoms. The van der Waals surface area contributed by atoms with Crippen molar-refractivity contribution in [3.63, 3.8) is 0 Å². The number of carbonyl (C=O) groups is 1. The van der Waals surface area contributed by atoms with Crippen LogP contribution in [0.4, 0.5) is 5.13 Å². The van der Waals surface area contributed by atoms with E-state index < -0.39 is 0 Å². The van der Waals surface area contributed by atoms with Crippen LogP contribution >= 0.6 is 11.3 Å². The molecule has 1 aromatic heterocycles. The maximum Gasteiger partial charge on any atom is 0.271 e. The minimum Gasteiger partial charge on any atom is -0.378 e. The predicted octanol–water partition coefficient (Wildman–Crippen LogP) is 3.72. The Morgan fingerprint density at radius 3 is 2.62 bits per heavy atom. The van der Waals surface area contributed by atoms with Crippen molar-refractivity contribution in [1.82, 2.24) is 10.4 Å². The fourth-order valence-electron chi connectivity index (χ4n) is 3.14. The number of nitrogens with one attached hydrogen (secondary N) is 1. The molecule has 0 unspecified atom stereocenters. The maximum absolute atomic E-state index is 12.4. The standard InChI is InChI=1S/C22H22N4O2S/c1-16-7-5-6-10-18(16)21(27)25-23-15-19-20(17-8-3-2-4-9-17)24-22(29-19)26-11-13-28-14-12-26/h2-10,15H,11-14H2,1H3,(H,25,27)/b23-15-. The molecule has 0 aliphatic carbocycles. The van der Waals surface area contributed by atoms with Crippen LogP contribution in [0, 0.1) is 6.92 Å². The van der Waals surface area contributed by atoms with Crippen LogP contribution in [0.15, 0.2) is 59.7 Å². The molecule has 0 saturated carbocycles. The lowest BCUT2D eigenvalue weighted by molar-refractivity contribution is 0.0954. The zero-order chi connectivity index (χ0) is 20.1. The molecule has 6 nitrogen and oxygen atoms in total. The van der Waals surface area contributed by atoms with Gasteiger partial charge in [0.05, 0.1) is 30.0 Å². The van der Waals surface area contributed by atoms with Gasteiger partial charge in [-0.2, -0.15) is 5.10 Å². The Kier molecular flexibility index (Phi) is 5.97. The molecular weight excluding hydrogens is 384 g/mol. The average molecular weight is 407 g/mol. The minimum absolute atomic E-state index is 0.224. The van der Waals surface area contributed by atoms with Crippen molar-refractivity contribution >= 4 is 28.6 Å². The summed E-state index contributed by atoms with van der Waals surface area (Å²) in [7, 11) is 0. The lowest BCUT2D eigenvalue weighted by atomic mass is 10.1. The van der Waals surface area contributed by atoms with Crippen LogP contribution in [0.2, 0.25) is 0 Å². The number of aryl methyl sites for hydroxylation is 1. The quantitative estimate of drug-likeness (QED) is 0.518. The zero-order valence-electron chi connectivity index (χ0n) is 16.2. The summed E-state index contributed by atoms with van der Waals surface area (Å²) >= 11 is 1.57. The number of benzene rings is 2. The fourth-order valence-corrected chi connectivity index (χ4v) is 4.15. The number of carbonyl (C=O) groups excluding carboxylic acids is 1. The molecule has 1 saturated heterocycles. The lowest BCUT2D eigenvalue weighted by Gasteiger charge is -2.26. The number of ether oxygens (including phenoxy) is 1. The summed E-state index contributed by atoms with van der Waals surface area (Å²) in [5.74, 6) is -0.224. The molecule has 2 heterocycles. The van der Waals surface area contributed by atoms with Crippen LogP contribution in [0.1, 0.15) is 20.8 Å². The van der Waals surface area contributed by atoms with Crippen LogP contribution in [0.25, 0.3) is 11.3 Å². The molecule has 0 atom stereocenters. The van der Waals surface area contributed by atoms with E-state index in [4.69, 9.17) is 9.72 Å². The molecule has 1 fully saturated rings. The van der Waals surface area contributed by atoms with E-state index in [0.717, 1.165) is 39.9 Å². The summed E-state index contributed by atoms with van der Waals surface area (Å²) in [6.45, 7) is 4.96. The normalized spacial score (nSPS) is 14.3. The van der Waals surface area contributed by atoms with E-state index in [9.17, 15) is 4.79 Å². The highest BCUT2D eigenvalue weighted by Crippen LogP contribution is 2.32. The van der Waals surface area contributed by atoms with Gasteiger partial charge in [0.25, 0.3) is 5.91 Å². The summed E-state index contributed by atoms with van der Waals surface area (Å²) in [5, 5.41) is 5.15. The summed E-state index contributed by atoms with van der Waals surface area (Å²) in [4.78, 5) is 20.4. The molecule has 1 aliphatic rings. The van der Waals surface area contributed by atoms with Gasteiger partial charge in [-0.15, -0.1) is 0 Å². The average Bonchev–Trinajstić information content (AvgIpc) is 3.19. The largest absolute Gasteiger partial charge is 0.378 e. The Hall–Kier alpha value is -3.03. The minimum atomic E-state index is -0.224. The van der Waals surface area contributed by atoms with E-state index in [1.807, 2.05) is 55.5 Å². The highest BCUT2D eigenvalue weighted by molar-refractivity contribution is 7.17. The monoisotopic (exact) mass is 406 g/mol. The van der Waals surface area contributed by atoms with E-state index in [-0.39, 0.29) is 5.91 Å². The van der Waals surface area contributed by atoms with Crippen molar-refractivity contribution < 1.29 is 9.53 Å². The van der Waals surface area contributed by atoms with Crippen molar-refractivity contribution in [2.75, 3.05) is 31.2 Å². The van der Waals surface area contributed by atoms with Gasteiger partial charge in [-0.1, -0.05) is 59.9 Å². The molecule has 7 heteroatoms. The van der Waals surface area contributed by atoms with Crippen molar-refractivity contribution in [2.45, 2.75) is 6.92 Å². The topological polar surface area (TPSA) is 66.8 Å². The summed E-state index contributed by atoms with van der Waals surface area (Å²) in [6, 6.07) is 17.5. The maximum atomic E-state index is 12.4. The second-order valence-corrected chi connectivity index (χ2v) is 7.70. The van der Waals surface area contributed by atoms with Gasteiger partial charge in [0.1, 0.15) is 0 Å². The molecule has 3 aromatic rings. The van der Waals surface area contributed by atoms with Crippen molar-refractivity contribution in [1.29, 1.82) is 0 Å². The van der Waals surface area contributed by atoms with Crippen LogP contribution in [-0.4, -0.2) is 43.4 Å². The van der Waals surface area contributed by atoms with E-state index >= 15 is 0 Å². The van der Waals surface area contributed by atoms with Crippen molar-refractivity contribution in [3.8, 4) is 11.3 Å². The Balaban J connectivity index is 1.58. The summed E-state index contributed by atoms with van der Waals surface area (Å²) < 4.78 is 5.45. The van der Waals surface area contributed by atoms with Gasteiger partial charge in [-0.05, 0) is 18.6 Å². The molecular formula is C22H22N4O2S. The number of aromatic nitrogens is 1. The Labute approximate surface area is 173 Å². The lowest BCUT2D eigenvalue weighted by Crippen LogP contribution is -2.36. The van der Waals surface area contributed by atoms with Gasteiger partial charge >= 0.3 is 0 Å². The van der Waals surface area contributed by atoms with E-state index in [0.29, 0.717) is 18.8 Å². The molecule has 1 amide bonds. The highest BCUT2D eigenvalue weighted by Gasteiger charge is 2.19. The van der Waals surface area contributed by atoms with E-state index in [1.165, 1.54) is 0 Å². The Morgan fingerprint density at radius 2 is 1.86 bits per heavy atom. The van der Waals surface area contributed by atoms with Crippen LogP contribution < -0.4 is 10.3 Å². The molecule has 4 rings (SSSR count). The third kappa shape index (κ3) is 4.52. The number of hydrogen-bond acceptors (Lipinski definition) is 6. The first kappa shape index (κ1) is 19.3.